The molecule has 1 aromatic carbocycles. The third-order valence-corrected chi connectivity index (χ3v) is 3.65. The highest BCUT2D eigenvalue weighted by molar-refractivity contribution is 5.21. The summed E-state index contributed by atoms with van der Waals surface area (Å²) in [5, 5.41) is 3.36. The lowest BCUT2D eigenvalue weighted by atomic mass is 10.1. The summed E-state index contributed by atoms with van der Waals surface area (Å²) < 4.78 is 5.93. The van der Waals surface area contributed by atoms with E-state index >= 15 is 0 Å². The van der Waals surface area contributed by atoms with Gasteiger partial charge < -0.3 is 10.1 Å². The molecule has 1 aliphatic heterocycles. The molecule has 1 aromatic rings. The van der Waals surface area contributed by atoms with Crippen LogP contribution in [0.15, 0.2) is 24.3 Å². The van der Waals surface area contributed by atoms with Crippen LogP contribution in [0.2, 0.25) is 0 Å². The molecule has 1 saturated heterocycles. The third kappa shape index (κ3) is 5.31. The van der Waals surface area contributed by atoms with Gasteiger partial charge in [0.15, 0.2) is 0 Å². The van der Waals surface area contributed by atoms with E-state index in [1.54, 1.807) is 0 Å². The number of ether oxygens (including phenoxy) is 1. The fourth-order valence-corrected chi connectivity index (χ4v) is 2.54. The molecule has 0 aliphatic carbocycles. The van der Waals surface area contributed by atoms with Crippen molar-refractivity contribution in [1.29, 1.82) is 0 Å². The van der Waals surface area contributed by atoms with E-state index in [2.05, 4.69) is 48.5 Å². The first kappa shape index (κ1) is 14.5. The predicted octanol–water partition coefficient (Wildman–Crippen LogP) is 2.20. The normalized spacial score (nSPS) is 17.0. The second-order valence-corrected chi connectivity index (χ2v) is 5.55. The van der Waals surface area contributed by atoms with Crippen molar-refractivity contribution in [1.82, 2.24) is 10.2 Å². The van der Waals surface area contributed by atoms with Gasteiger partial charge >= 0.3 is 0 Å². The zero-order valence-corrected chi connectivity index (χ0v) is 12.2. The largest absolute Gasteiger partial charge is 0.377 e. The Kier molecular flexibility index (Phi) is 5.83. The van der Waals surface area contributed by atoms with Gasteiger partial charge in [-0.15, -0.1) is 0 Å². The zero-order valence-electron chi connectivity index (χ0n) is 12.2. The monoisotopic (exact) mass is 262 g/mol. The highest BCUT2D eigenvalue weighted by atomic mass is 16.5. The van der Waals surface area contributed by atoms with Gasteiger partial charge in [0.1, 0.15) is 0 Å². The average Bonchev–Trinajstić information content (AvgIpc) is 2.40. The van der Waals surface area contributed by atoms with Crippen LogP contribution in [0.4, 0.5) is 0 Å². The molecular formula is C16H26N2O. The summed E-state index contributed by atoms with van der Waals surface area (Å²) in [6, 6.07) is 8.72. The van der Waals surface area contributed by atoms with Crippen molar-refractivity contribution >= 4 is 0 Å². The number of hydrogen-bond donors (Lipinski definition) is 1. The lowest BCUT2D eigenvalue weighted by Gasteiger charge is -2.24. The Bertz CT molecular complexity index is 375. The van der Waals surface area contributed by atoms with Gasteiger partial charge in [-0.25, -0.2) is 0 Å². The lowest BCUT2D eigenvalue weighted by Crippen LogP contribution is -2.34. The molecule has 1 N–H and O–H groups in total. The van der Waals surface area contributed by atoms with E-state index in [9.17, 15) is 0 Å². The molecule has 0 atom stereocenters. The van der Waals surface area contributed by atoms with Gasteiger partial charge in [0.2, 0.25) is 0 Å². The third-order valence-electron chi connectivity index (χ3n) is 3.65. The average molecular weight is 262 g/mol. The Morgan fingerprint density at radius 3 is 2.84 bits per heavy atom. The van der Waals surface area contributed by atoms with Gasteiger partial charge in [-0.05, 0) is 45.5 Å². The van der Waals surface area contributed by atoms with E-state index < -0.39 is 0 Å². The Morgan fingerprint density at radius 1 is 1.32 bits per heavy atom. The van der Waals surface area contributed by atoms with E-state index in [1.807, 2.05) is 0 Å². The van der Waals surface area contributed by atoms with Crippen LogP contribution in [0.25, 0.3) is 0 Å². The first-order valence-electron chi connectivity index (χ1n) is 7.30. The number of nitrogens with zero attached hydrogens (tertiary/aromatic N) is 1. The fraction of sp³-hybridized carbons (Fsp3) is 0.625. The first-order chi connectivity index (χ1) is 9.24. The molecule has 0 spiro atoms. The Labute approximate surface area is 116 Å². The van der Waals surface area contributed by atoms with Crippen molar-refractivity contribution in [2.75, 3.05) is 33.3 Å². The van der Waals surface area contributed by atoms with Crippen molar-refractivity contribution < 1.29 is 4.74 Å². The summed E-state index contributed by atoms with van der Waals surface area (Å²) in [6.07, 6.45) is 2.78. The molecule has 0 unspecified atom stereocenters. The van der Waals surface area contributed by atoms with E-state index in [4.69, 9.17) is 4.74 Å². The maximum atomic E-state index is 5.93. The van der Waals surface area contributed by atoms with Gasteiger partial charge in [-0.3, -0.25) is 4.90 Å². The minimum absolute atomic E-state index is 0.466. The second-order valence-electron chi connectivity index (χ2n) is 5.55. The number of rotatable bonds is 6. The smallest absolute Gasteiger partial charge is 0.0600 e. The first-order valence-corrected chi connectivity index (χ1v) is 7.30. The molecule has 19 heavy (non-hydrogen) atoms. The van der Waals surface area contributed by atoms with Gasteiger partial charge in [-0.2, -0.15) is 0 Å². The fourth-order valence-electron chi connectivity index (χ4n) is 2.54. The lowest BCUT2D eigenvalue weighted by molar-refractivity contribution is 0.0224. The van der Waals surface area contributed by atoms with Crippen LogP contribution >= 0.6 is 0 Å². The highest BCUT2D eigenvalue weighted by Gasteiger charge is 2.13. The number of nitrogens with one attached hydrogen (secondary N) is 1. The molecule has 0 bridgehead atoms. The van der Waals surface area contributed by atoms with E-state index in [0.29, 0.717) is 6.10 Å². The molecule has 3 heteroatoms. The van der Waals surface area contributed by atoms with Crippen molar-refractivity contribution in [2.24, 2.45) is 0 Å². The van der Waals surface area contributed by atoms with Gasteiger partial charge in [0.25, 0.3) is 0 Å². The Hall–Kier alpha value is -0.900. The maximum Gasteiger partial charge on any atom is 0.0600 e. The van der Waals surface area contributed by atoms with Crippen LogP contribution in [0, 0.1) is 6.92 Å². The maximum absolute atomic E-state index is 5.93. The standard InChI is InChI=1S/C16H26N2O/c1-14-4-3-5-15(12-14)13-18(2)10-11-19-16-6-8-17-9-7-16/h3-5,12,16-17H,6-11,13H2,1-2H3. The minimum atomic E-state index is 0.466. The summed E-state index contributed by atoms with van der Waals surface area (Å²) in [4.78, 5) is 2.33. The van der Waals surface area contributed by atoms with Crippen LogP contribution in [0.3, 0.4) is 0 Å². The molecule has 3 nitrogen and oxygen atoms in total. The molecule has 106 valence electrons. The summed E-state index contributed by atoms with van der Waals surface area (Å²) in [6.45, 7) is 7.18. The van der Waals surface area contributed by atoms with Crippen LogP contribution in [-0.4, -0.2) is 44.3 Å². The topological polar surface area (TPSA) is 24.5 Å². The summed E-state index contributed by atoms with van der Waals surface area (Å²) in [7, 11) is 2.16. The number of benzene rings is 1. The Balaban J connectivity index is 1.65. The van der Waals surface area contributed by atoms with E-state index in [-0.39, 0.29) is 0 Å². The highest BCUT2D eigenvalue weighted by Crippen LogP contribution is 2.08. The van der Waals surface area contributed by atoms with Crippen LogP contribution in [0.1, 0.15) is 24.0 Å². The molecular weight excluding hydrogens is 236 g/mol. The summed E-state index contributed by atoms with van der Waals surface area (Å²) in [5.74, 6) is 0. The SMILES string of the molecule is Cc1cccc(CN(C)CCOC2CCNCC2)c1. The minimum Gasteiger partial charge on any atom is -0.377 e. The van der Waals surface area contributed by atoms with Crippen LogP contribution in [0.5, 0.6) is 0 Å². The molecule has 1 fully saturated rings. The number of hydrogen-bond acceptors (Lipinski definition) is 3. The predicted molar refractivity (Wildman–Crippen MR) is 79.4 cm³/mol. The van der Waals surface area contributed by atoms with E-state index in [0.717, 1.165) is 45.6 Å². The van der Waals surface area contributed by atoms with Gasteiger partial charge in [-0.1, -0.05) is 29.8 Å². The van der Waals surface area contributed by atoms with E-state index in [1.165, 1.54) is 11.1 Å². The Morgan fingerprint density at radius 2 is 2.11 bits per heavy atom. The molecule has 2 rings (SSSR count). The summed E-state index contributed by atoms with van der Waals surface area (Å²) in [5.41, 5.74) is 2.71. The molecule has 1 heterocycles. The molecule has 0 amide bonds. The number of piperidine rings is 1. The summed E-state index contributed by atoms with van der Waals surface area (Å²) >= 11 is 0. The van der Waals surface area contributed by atoms with Crippen LogP contribution in [-0.2, 0) is 11.3 Å². The van der Waals surface area contributed by atoms with Gasteiger partial charge in [0.05, 0.1) is 12.7 Å². The van der Waals surface area contributed by atoms with Crippen molar-refractivity contribution in [3.63, 3.8) is 0 Å². The molecule has 1 aliphatic rings. The number of aryl methyl sites for hydroxylation is 1. The van der Waals surface area contributed by atoms with Crippen molar-refractivity contribution in [3.05, 3.63) is 35.4 Å². The molecule has 0 radical (unpaired) electrons. The van der Waals surface area contributed by atoms with Crippen molar-refractivity contribution in [2.45, 2.75) is 32.4 Å². The molecule has 0 aromatic heterocycles. The molecule has 0 saturated carbocycles. The second kappa shape index (κ2) is 7.63. The quantitative estimate of drug-likeness (QED) is 0.850. The number of likely N-dealkylation sites (N-methyl/N-ethyl adjacent to an activating group) is 1. The zero-order chi connectivity index (χ0) is 13.5. The van der Waals surface area contributed by atoms with Crippen molar-refractivity contribution in [3.8, 4) is 0 Å². The van der Waals surface area contributed by atoms with Gasteiger partial charge in [0, 0.05) is 13.1 Å². The van der Waals surface area contributed by atoms with Crippen LogP contribution < -0.4 is 5.32 Å².